The normalized spacial score (nSPS) is 10.7. The molecule has 0 atom stereocenters. The van der Waals surface area contributed by atoms with Crippen LogP contribution in [0.5, 0.6) is 5.75 Å². The summed E-state index contributed by atoms with van der Waals surface area (Å²) in [6, 6.07) is 17.2. The number of H-pyrrole nitrogens is 1. The van der Waals surface area contributed by atoms with Crippen molar-refractivity contribution >= 4 is 16.8 Å². The molecule has 2 aromatic carbocycles. The number of hydrogen-bond acceptors (Lipinski definition) is 3. The quantitative estimate of drug-likeness (QED) is 0.692. The van der Waals surface area contributed by atoms with Crippen LogP contribution in [0.1, 0.15) is 31.4 Å². The Labute approximate surface area is 158 Å². The molecule has 0 aliphatic carbocycles. The summed E-state index contributed by atoms with van der Waals surface area (Å²) in [5, 5.41) is 0.888. The Morgan fingerprint density at radius 3 is 2.52 bits per heavy atom. The van der Waals surface area contributed by atoms with Gasteiger partial charge in [-0.3, -0.25) is 9.59 Å². The molecule has 0 unspecified atom stereocenters. The first kappa shape index (κ1) is 18.7. The molecule has 0 aliphatic heterocycles. The van der Waals surface area contributed by atoms with E-state index in [0.29, 0.717) is 25.1 Å². The standard InChI is InChI=1S/C22H24N2O3/c1-3-21(25)24(14-16-8-6-5-7-9-16)15-18-12-17-13-19(27-4-2)10-11-20(17)23-22(18)26/h5-13H,3-4,14-15H2,1-2H3,(H,23,26). The van der Waals surface area contributed by atoms with Crippen molar-refractivity contribution in [2.24, 2.45) is 0 Å². The number of pyridine rings is 1. The van der Waals surface area contributed by atoms with Crippen molar-refractivity contribution in [3.63, 3.8) is 0 Å². The first-order chi connectivity index (χ1) is 13.1. The lowest BCUT2D eigenvalue weighted by molar-refractivity contribution is -0.132. The van der Waals surface area contributed by atoms with Crippen molar-refractivity contribution in [1.82, 2.24) is 9.88 Å². The molecule has 1 aromatic heterocycles. The van der Waals surface area contributed by atoms with E-state index in [1.807, 2.05) is 68.4 Å². The average Bonchev–Trinajstić information content (AvgIpc) is 2.68. The van der Waals surface area contributed by atoms with Crippen LogP contribution in [0.4, 0.5) is 0 Å². The van der Waals surface area contributed by atoms with Gasteiger partial charge in [-0.15, -0.1) is 0 Å². The van der Waals surface area contributed by atoms with Crippen molar-refractivity contribution in [3.8, 4) is 5.75 Å². The number of ether oxygens (including phenoxy) is 1. The summed E-state index contributed by atoms with van der Waals surface area (Å²) in [7, 11) is 0. The Hall–Kier alpha value is -3.08. The Morgan fingerprint density at radius 1 is 1.04 bits per heavy atom. The minimum Gasteiger partial charge on any atom is -0.494 e. The fourth-order valence-electron chi connectivity index (χ4n) is 3.07. The highest BCUT2D eigenvalue weighted by molar-refractivity contribution is 5.81. The van der Waals surface area contributed by atoms with Gasteiger partial charge in [0.05, 0.1) is 13.2 Å². The van der Waals surface area contributed by atoms with Crippen LogP contribution in [0.25, 0.3) is 10.9 Å². The summed E-state index contributed by atoms with van der Waals surface area (Å²) in [6.45, 7) is 5.09. The van der Waals surface area contributed by atoms with Crippen LogP contribution in [-0.2, 0) is 17.9 Å². The summed E-state index contributed by atoms with van der Waals surface area (Å²) >= 11 is 0. The summed E-state index contributed by atoms with van der Waals surface area (Å²) in [5.74, 6) is 0.773. The van der Waals surface area contributed by atoms with E-state index in [4.69, 9.17) is 4.74 Å². The van der Waals surface area contributed by atoms with Gasteiger partial charge in [-0.25, -0.2) is 0 Å². The zero-order valence-corrected chi connectivity index (χ0v) is 15.7. The Kier molecular flexibility index (Phi) is 5.91. The third kappa shape index (κ3) is 4.56. The average molecular weight is 364 g/mol. The number of amides is 1. The maximum Gasteiger partial charge on any atom is 0.253 e. The molecular weight excluding hydrogens is 340 g/mol. The first-order valence-corrected chi connectivity index (χ1v) is 9.21. The van der Waals surface area contributed by atoms with Crippen molar-refractivity contribution < 1.29 is 9.53 Å². The molecule has 0 radical (unpaired) electrons. The lowest BCUT2D eigenvalue weighted by Crippen LogP contribution is -2.31. The predicted octanol–water partition coefficient (Wildman–Crippen LogP) is 3.87. The Balaban J connectivity index is 1.92. The largest absolute Gasteiger partial charge is 0.494 e. The molecule has 0 saturated heterocycles. The number of hydrogen-bond donors (Lipinski definition) is 1. The van der Waals surface area contributed by atoms with Gasteiger partial charge in [0.25, 0.3) is 5.56 Å². The number of benzene rings is 2. The minimum absolute atomic E-state index is 0.0152. The van der Waals surface area contributed by atoms with Crippen LogP contribution in [-0.4, -0.2) is 22.4 Å². The van der Waals surface area contributed by atoms with E-state index >= 15 is 0 Å². The number of carbonyl (C=O) groups is 1. The summed E-state index contributed by atoms with van der Waals surface area (Å²) in [6.07, 6.45) is 0.396. The molecule has 0 spiro atoms. The number of nitrogens with one attached hydrogen (secondary N) is 1. The van der Waals surface area contributed by atoms with E-state index in [-0.39, 0.29) is 18.0 Å². The highest BCUT2D eigenvalue weighted by Crippen LogP contribution is 2.20. The Morgan fingerprint density at radius 2 is 1.81 bits per heavy atom. The molecule has 3 aromatic rings. The van der Waals surface area contributed by atoms with E-state index in [9.17, 15) is 9.59 Å². The summed E-state index contributed by atoms with van der Waals surface area (Å²) in [4.78, 5) is 29.6. The lowest BCUT2D eigenvalue weighted by Gasteiger charge is -2.22. The second kappa shape index (κ2) is 8.54. The van der Waals surface area contributed by atoms with Gasteiger partial charge < -0.3 is 14.6 Å². The fraction of sp³-hybridized carbons (Fsp3) is 0.273. The maximum absolute atomic E-state index is 12.5. The van der Waals surface area contributed by atoms with Gasteiger partial charge in [0.1, 0.15) is 5.75 Å². The SMILES string of the molecule is CCOc1ccc2[nH]c(=O)c(CN(Cc3ccccc3)C(=O)CC)cc2c1. The van der Waals surface area contributed by atoms with Gasteiger partial charge in [-0.1, -0.05) is 37.3 Å². The maximum atomic E-state index is 12.5. The zero-order chi connectivity index (χ0) is 19.2. The molecular formula is C22H24N2O3. The highest BCUT2D eigenvalue weighted by Gasteiger charge is 2.15. The second-order valence-electron chi connectivity index (χ2n) is 6.39. The summed E-state index contributed by atoms with van der Waals surface area (Å²) in [5.41, 5.74) is 2.18. The topological polar surface area (TPSA) is 62.4 Å². The van der Waals surface area contributed by atoms with Crippen LogP contribution in [0, 0.1) is 0 Å². The molecule has 0 bridgehead atoms. The Bertz CT molecular complexity index is 980. The molecule has 0 aliphatic rings. The van der Waals surface area contributed by atoms with Gasteiger partial charge in [0.15, 0.2) is 0 Å². The first-order valence-electron chi connectivity index (χ1n) is 9.21. The van der Waals surface area contributed by atoms with Crippen molar-refractivity contribution in [3.05, 3.63) is 76.1 Å². The molecule has 140 valence electrons. The number of nitrogens with zero attached hydrogens (tertiary/aromatic N) is 1. The van der Waals surface area contributed by atoms with E-state index < -0.39 is 0 Å². The predicted molar refractivity (Wildman–Crippen MR) is 107 cm³/mol. The van der Waals surface area contributed by atoms with Crippen LogP contribution >= 0.6 is 0 Å². The molecule has 1 heterocycles. The minimum atomic E-state index is -0.173. The van der Waals surface area contributed by atoms with Crippen LogP contribution < -0.4 is 10.3 Å². The van der Waals surface area contributed by atoms with Gasteiger partial charge in [-0.2, -0.15) is 0 Å². The molecule has 3 rings (SSSR count). The third-order valence-electron chi connectivity index (χ3n) is 4.44. The molecule has 1 amide bonds. The van der Waals surface area contributed by atoms with Crippen molar-refractivity contribution in [1.29, 1.82) is 0 Å². The van der Waals surface area contributed by atoms with Gasteiger partial charge in [0.2, 0.25) is 5.91 Å². The number of rotatable bonds is 7. The molecule has 1 N–H and O–H groups in total. The van der Waals surface area contributed by atoms with Crippen molar-refractivity contribution in [2.75, 3.05) is 6.61 Å². The number of fused-ring (bicyclic) bond motifs is 1. The summed E-state index contributed by atoms with van der Waals surface area (Å²) < 4.78 is 5.54. The molecule has 5 heteroatoms. The van der Waals surface area contributed by atoms with E-state index in [1.165, 1.54) is 0 Å². The van der Waals surface area contributed by atoms with Gasteiger partial charge >= 0.3 is 0 Å². The van der Waals surface area contributed by atoms with Crippen molar-refractivity contribution in [2.45, 2.75) is 33.4 Å². The van der Waals surface area contributed by atoms with Crippen LogP contribution in [0.2, 0.25) is 0 Å². The lowest BCUT2D eigenvalue weighted by atomic mass is 10.1. The molecule has 0 saturated carbocycles. The molecule has 0 fully saturated rings. The zero-order valence-electron chi connectivity index (χ0n) is 15.7. The molecule has 27 heavy (non-hydrogen) atoms. The van der Waals surface area contributed by atoms with Gasteiger partial charge in [0, 0.05) is 29.4 Å². The number of aromatic amines is 1. The molecule has 5 nitrogen and oxygen atoms in total. The van der Waals surface area contributed by atoms with E-state index in [2.05, 4.69) is 4.98 Å². The fourth-order valence-corrected chi connectivity index (χ4v) is 3.07. The van der Waals surface area contributed by atoms with Crippen LogP contribution in [0.15, 0.2) is 59.4 Å². The number of carbonyl (C=O) groups excluding carboxylic acids is 1. The van der Waals surface area contributed by atoms with E-state index in [1.54, 1.807) is 4.90 Å². The monoisotopic (exact) mass is 364 g/mol. The van der Waals surface area contributed by atoms with Crippen LogP contribution in [0.3, 0.4) is 0 Å². The van der Waals surface area contributed by atoms with E-state index in [0.717, 1.165) is 22.2 Å². The van der Waals surface area contributed by atoms with Gasteiger partial charge in [-0.05, 0) is 36.8 Å². The third-order valence-corrected chi connectivity index (χ3v) is 4.44. The highest BCUT2D eigenvalue weighted by atomic mass is 16.5. The smallest absolute Gasteiger partial charge is 0.253 e. The second-order valence-corrected chi connectivity index (χ2v) is 6.39. The number of aromatic nitrogens is 1.